The average Bonchev–Trinajstić information content (AvgIpc) is 3.57. The number of hydrogen-bond acceptors (Lipinski definition) is 4. The Hall–Kier alpha value is -1.62. The second-order valence-electron chi connectivity index (χ2n) is 8.58. The van der Waals surface area contributed by atoms with Crippen molar-refractivity contribution in [2.24, 2.45) is 0 Å². The second-order valence-corrected chi connectivity index (χ2v) is 9.53. The van der Waals surface area contributed by atoms with E-state index in [1.165, 1.54) is 31.2 Å². The third kappa shape index (κ3) is 3.98. The molecule has 0 N–H and O–H groups in total. The number of carbonyl (C=O) groups excluding carboxylic acids is 1. The summed E-state index contributed by atoms with van der Waals surface area (Å²) in [5, 5.41) is 9.80. The molecule has 4 nitrogen and oxygen atoms in total. The molecule has 2 aliphatic rings. The zero-order chi connectivity index (χ0) is 19.1. The van der Waals surface area contributed by atoms with Crippen LogP contribution in [0, 0.1) is 0 Å². The predicted molar refractivity (Wildman–Crippen MR) is 110 cm³/mol. The van der Waals surface area contributed by atoms with Gasteiger partial charge in [-0.2, -0.15) is 0 Å². The second kappa shape index (κ2) is 7.42. The highest BCUT2D eigenvalue weighted by molar-refractivity contribution is 7.99. The minimum Gasteiger partial charge on any atom is -0.303 e. The number of ketones is 1. The van der Waals surface area contributed by atoms with Crippen molar-refractivity contribution in [3.8, 4) is 0 Å². The Morgan fingerprint density at radius 2 is 1.85 bits per heavy atom. The first-order valence-electron chi connectivity index (χ1n) is 10.2. The lowest BCUT2D eigenvalue weighted by atomic mass is 9.90. The van der Waals surface area contributed by atoms with E-state index in [1.54, 1.807) is 11.8 Å². The number of hydrogen-bond donors (Lipinski definition) is 0. The van der Waals surface area contributed by atoms with Crippen molar-refractivity contribution >= 4 is 17.5 Å². The molecule has 0 spiro atoms. The van der Waals surface area contributed by atoms with E-state index in [1.807, 2.05) is 6.07 Å². The molecule has 2 saturated carbocycles. The summed E-state index contributed by atoms with van der Waals surface area (Å²) < 4.78 is 2.32. The molecule has 0 bridgehead atoms. The van der Waals surface area contributed by atoms with Gasteiger partial charge in [0.05, 0.1) is 5.75 Å². The van der Waals surface area contributed by atoms with E-state index in [0.29, 0.717) is 29.5 Å². The van der Waals surface area contributed by atoms with E-state index in [9.17, 15) is 4.79 Å². The van der Waals surface area contributed by atoms with Gasteiger partial charge in [0.25, 0.3) is 0 Å². The van der Waals surface area contributed by atoms with Gasteiger partial charge in [-0.1, -0.05) is 57.7 Å². The number of Topliss-reactive ketones (excluding diaryl/α,β-unsaturated/α-hetero) is 1. The van der Waals surface area contributed by atoms with Crippen LogP contribution in [0.5, 0.6) is 0 Å². The summed E-state index contributed by atoms with van der Waals surface area (Å²) in [6.07, 6.45) is 4.89. The molecule has 1 aromatic carbocycles. The van der Waals surface area contributed by atoms with Crippen molar-refractivity contribution in [2.75, 3.05) is 5.75 Å². The van der Waals surface area contributed by atoms with E-state index in [-0.39, 0.29) is 5.78 Å². The largest absolute Gasteiger partial charge is 0.303 e. The number of aromatic nitrogens is 3. The summed E-state index contributed by atoms with van der Waals surface area (Å²) in [5.41, 5.74) is 3.32. The normalized spacial score (nSPS) is 17.1. The molecule has 1 heterocycles. The number of benzene rings is 1. The predicted octanol–water partition coefficient (Wildman–Crippen LogP) is 5.71. The summed E-state index contributed by atoms with van der Waals surface area (Å²) in [6.45, 7) is 8.71. The first-order chi connectivity index (χ1) is 13.0. The number of carbonyl (C=O) groups is 1. The summed E-state index contributed by atoms with van der Waals surface area (Å²) >= 11 is 1.56. The molecule has 4 rings (SSSR count). The van der Waals surface area contributed by atoms with Gasteiger partial charge in [-0.15, -0.1) is 10.2 Å². The Kier molecular flexibility index (Phi) is 5.15. The van der Waals surface area contributed by atoms with Crippen LogP contribution in [0.25, 0.3) is 0 Å². The highest BCUT2D eigenvalue weighted by Crippen LogP contribution is 2.46. The van der Waals surface area contributed by atoms with Crippen LogP contribution in [0.4, 0.5) is 0 Å². The molecule has 0 atom stereocenters. The third-order valence-electron chi connectivity index (χ3n) is 5.54. The standard InChI is InChI=1S/C22H29N3OS/c1-13(2)16-7-10-18(19(11-16)14(3)4)20(26)12-27-22-24-23-21(15-5-6-15)25(22)17-8-9-17/h7,10-11,13-15,17H,5-6,8-9,12H2,1-4H3. The Morgan fingerprint density at radius 1 is 1.11 bits per heavy atom. The van der Waals surface area contributed by atoms with Gasteiger partial charge in [-0.3, -0.25) is 4.79 Å². The van der Waals surface area contributed by atoms with Crippen LogP contribution in [0.15, 0.2) is 23.4 Å². The maximum atomic E-state index is 13.0. The first kappa shape index (κ1) is 18.7. The van der Waals surface area contributed by atoms with Gasteiger partial charge in [0.15, 0.2) is 10.9 Å². The van der Waals surface area contributed by atoms with Crippen LogP contribution >= 0.6 is 11.8 Å². The minimum atomic E-state index is 0.192. The van der Waals surface area contributed by atoms with E-state index in [0.717, 1.165) is 22.1 Å². The van der Waals surface area contributed by atoms with Gasteiger partial charge in [-0.05, 0) is 48.6 Å². The number of rotatable bonds is 8. The van der Waals surface area contributed by atoms with Crippen molar-refractivity contribution in [2.45, 2.75) is 82.3 Å². The molecule has 144 valence electrons. The highest BCUT2D eigenvalue weighted by Gasteiger charge is 2.36. The summed E-state index contributed by atoms with van der Waals surface area (Å²) in [6, 6.07) is 6.90. The zero-order valence-corrected chi connectivity index (χ0v) is 17.6. The molecule has 0 amide bonds. The smallest absolute Gasteiger partial charge is 0.191 e. The summed E-state index contributed by atoms with van der Waals surface area (Å²) in [5.74, 6) is 3.17. The summed E-state index contributed by atoms with van der Waals surface area (Å²) in [7, 11) is 0. The van der Waals surface area contributed by atoms with Gasteiger partial charge in [0, 0.05) is 17.5 Å². The molecule has 2 aliphatic carbocycles. The van der Waals surface area contributed by atoms with E-state index < -0.39 is 0 Å². The van der Waals surface area contributed by atoms with Gasteiger partial charge in [0.1, 0.15) is 5.82 Å². The first-order valence-corrected chi connectivity index (χ1v) is 11.2. The molecule has 0 unspecified atom stereocenters. The summed E-state index contributed by atoms with van der Waals surface area (Å²) in [4.78, 5) is 13.0. The molecule has 5 heteroatoms. The van der Waals surface area contributed by atoms with Crippen LogP contribution < -0.4 is 0 Å². The lowest BCUT2D eigenvalue weighted by molar-refractivity contribution is 0.102. The molecule has 0 saturated heterocycles. The topological polar surface area (TPSA) is 47.8 Å². The van der Waals surface area contributed by atoms with Crippen molar-refractivity contribution in [1.82, 2.24) is 14.8 Å². The Morgan fingerprint density at radius 3 is 2.44 bits per heavy atom. The molecule has 27 heavy (non-hydrogen) atoms. The molecule has 2 aromatic rings. The molecular formula is C22H29N3OS. The van der Waals surface area contributed by atoms with Crippen molar-refractivity contribution in [1.29, 1.82) is 0 Å². The molecule has 2 fully saturated rings. The van der Waals surface area contributed by atoms with Crippen molar-refractivity contribution in [3.63, 3.8) is 0 Å². The molecule has 0 radical (unpaired) electrons. The van der Waals surface area contributed by atoms with Gasteiger partial charge in [-0.25, -0.2) is 0 Å². The lowest BCUT2D eigenvalue weighted by Gasteiger charge is -2.15. The molecule has 1 aromatic heterocycles. The fraction of sp³-hybridized carbons (Fsp3) is 0.591. The van der Waals surface area contributed by atoms with Gasteiger partial charge >= 0.3 is 0 Å². The lowest BCUT2D eigenvalue weighted by Crippen LogP contribution is -2.10. The maximum Gasteiger partial charge on any atom is 0.191 e. The van der Waals surface area contributed by atoms with Crippen LogP contribution in [-0.4, -0.2) is 26.3 Å². The molecule has 0 aliphatic heterocycles. The highest BCUT2D eigenvalue weighted by atomic mass is 32.2. The quantitative estimate of drug-likeness (QED) is 0.432. The van der Waals surface area contributed by atoms with Crippen LogP contribution in [-0.2, 0) is 0 Å². The fourth-order valence-electron chi connectivity index (χ4n) is 3.56. The zero-order valence-electron chi connectivity index (χ0n) is 16.7. The average molecular weight is 384 g/mol. The van der Waals surface area contributed by atoms with Gasteiger partial charge in [0.2, 0.25) is 0 Å². The fourth-order valence-corrected chi connectivity index (χ4v) is 4.46. The number of thioether (sulfide) groups is 1. The van der Waals surface area contributed by atoms with Crippen LogP contribution in [0.3, 0.4) is 0 Å². The van der Waals surface area contributed by atoms with Crippen molar-refractivity contribution in [3.05, 3.63) is 40.7 Å². The third-order valence-corrected chi connectivity index (χ3v) is 6.49. The number of nitrogens with zero attached hydrogens (tertiary/aromatic N) is 3. The minimum absolute atomic E-state index is 0.192. The van der Waals surface area contributed by atoms with E-state index in [4.69, 9.17) is 0 Å². The van der Waals surface area contributed by atoms with Crippen LogP contribution in [0.1, 0.15) is 104 Å². The Balaban J connectivity index is 1.52. The van der Waals surface area contributed by atoms with Crippen molar-refractivity contribution < 1.29 is 4.79 Å². The van der Waals surface area contributed by atoms with Crippen LogP contribution in [0.2, 0.25) is 0 Å². The molecular weight excluding hydrogens is 354 g/mol. The monoisotopic (exact) mass is 383 g/mol. The SMILES string of the molecule is CC(C)c1ccc(C(=O)CSc2nnc(C3CC3)n2C2CC2)c(C(C)C)c1. The van der Waals surface area contributed by atoms with Gasteiger partial charge < -0.3 is 4.57 Å². The van der Waals surface area contributed by atoms with E-state index >= 15 is 0 Å². The Labute approximate surface area is 166 Å². The Bertz CT molecular complexity index is 847. The van der Waals surface area contributed by atoms with E-state index in [2.05, 4.69) is 54.6 Å². The maximum absolute atomic E-state index is 13.0.